The maximum atomic E-state index is 8.96. The molecule has 0 atom stereocenters. The molecule has 0 heterocycles. The van der Waals surface area contributed by atoms with E-state index in [1.807, 2.05) is 0 Å². The van der Waals surface area contributed by atoms with E-state index in [4.69, 9.17) is 39.9 Å². The zero-order chi connectivity index (χ0) is 7.00. The van der Waals surface area contributed by atoms with E-state index in [-0.39, 0.29) is 51.4 Å². The summed E-state index contributed by atoms with van der Waals surface area (Å²) in [6.07, 6.45) is 0. The van der Waals surface area contributed by atoms with Crippen molar-refractivity contribution in [1.82, 2.24) is 0 Å². The van der Waals surface area contributed by atoms with Gasteiger partial charge in [-0.05, 0) is 13.8 Å². The SMILES string of the molecule is CC(C)(O)C(Cl)(Cl)Cl.[KH]. The van der Waals surface area contributed by atoms with Crippen LogP contribution < -0.4 is 0 Å². The predicted molar refractivity (Wildman–Crippen MR) is 43.7 cm³/mol. The van der Waals surface area contributed by atoms with Gasteiger partial charge in [-0.15, -0.1) is 0 Å². The quantitative estimate of drug-likeness (QED) is 0.481. The van der Waals surface area contributed by atoms with Crippen LogP contribution in [0.25, 0.3) is 0 Å². The zero-order valence-electron chi connectivity index (χ0n) is 4.58. The summed E-state index contributed by atoms with van der Waals surface area (Å²) in [7, 11) is 0. The number of aliphatic hydroxyl groups is 1. The molecular weight excluding hydrogens is 210 g/mol. The molecule has 0 aliphatic rings. The van der Waals surface area contributed by atoms with E-state index in [1.54, 1.807) is 0 Å². The van der Waals surface area contributed by atoms with Gasteiger partial charge in [-0.25, -0.2) is 0 Å². The Kier molecular flexibility index (Phi) is 6.98. The second kappa shape index (κ2) is 4.48. The van der Waals surface area contributed by atoms with E-state index in [0.29, 0.717) is 0 Å². The third-order valence-electron chi connectivity index (χ3n) is 0.694. The van der Waals surface area contributed by atoms with E-state index in [0.717, 1.165) is 0 Å². The third-order valence-corrected chi connectivity index (χ3v) is 2.08. The molecule has 0 aromatic rings. The molecule has 9 heavy (non-hydrogen) atoms. The molecule has 0 aromatic heterocycles. The van der Waals surface area contributed by atoms with Crippen molar-refractivity contribution in [2.45, 2.75) is 23.2 Å². The molecular formula is C4H8Cl3KO. The standard InChI is InChI=1S/C4H7Cl3O.K.H/c1-3(2,8)4(5,6)7;;/h8H,1-2H3;;. The average molecular weight is 218 g/mol. The van der Waals surface area contributed by atoms with Crippen LogP contribution in [0.2, 0.25) is 0 Å². The first-order valence-corrected chi connectivity index (χ1v) is 3.17. The Labute approximate surface area is 112 Å². The van der Waals surface area contributed by atoms with Crippen molar-refractivity contribution in [2.24, 2.45) is 0 Å². The third kappa shape index (κ3) is 5.71. The molecule has 0 bridgehead atoms. The molecule has 0 aliphatic heterocycles. The van der Waals surface area contributed by atoms with Crippen molar-refractivity contribution in [3.05, 3.63) is 0 Å². The fourth-order valence-electron chi connectivity index (χ4n) is 0. The minimum atomic E-state index is -1.59. The first-order chi connectivity index (χ1) is 3.25. The molecule has 0 amide bonds. The van der Waals surface area contributed by atoms with Gasteiger partial charge in [0.05, 0.1) is 0 Å². The molecule has 0 aliphatic carbocycles. The first kappa shape index (κ1) is 14.0. The van der Waals surface area contributed by atoms with Gasteiger partial charge in [0.2, 0.25) is 3.79 Å². The van der Waals surface area contributed by atoms with Gasteiger partial charge in [0, 0.05) is 0 Å². The van der Waals surface area contributed by atoms with Crippen LogP contribution in [0.15, 0.2) is 0 Å². The van der Waals surface area contributed by atoms with Gasteiger partial charge in [0.1, 0.15) is 5.60 Å². The summed E-state index contributed by atoms with van der Waals surface area (Å²) in [6.45, 7) is 2.86. The molecule has 52 valence electrons. The van der Waals surface area contributed by atoms with E-state index >= 15 is 0 Å². The van der Waals surface area contributed by atoms with Crippen LogP contribution in [0.3, 0.4) is 0 Å². The Hall–Kier alpha value is 2.47. The van der Waals surface area contributed by atoms with Crippen molar-refractivity contribution < 1.29 is 5.11 Å². The van der Waals surface area contributed by atoms with Crippen LogP contribution in [-0.2, 0) is 0 Å². The molecule has 0 fully saturated rings. The van der Waals surface area contributed by atoms with Gasteiger partial charge < -0.3 is 5.11 Å². The Morgan fingerprint density at radius 3 is 1.22 bits per heavy atom. The Morgan fingerprint density at radius 1 is 1.11 bits per heavy atom. The van der Waals surface area contributed by atoms with Gasteiger partial charge >= 0.3 is 51.4 Å². The second-order valence-electron chi connectivity index (χ2n) is 2.06. The van der Waals surface area contributed by atoms with Gasteiger partial charge in [-0.2, -0.15) is 0 Å². The van der Waals surface area contributed by atoms with Crippen molar-refractivity contribution in [3.8, 4) is 0 Å². The van der Waals surface area contributed by atoms with E-state index in [2.05, 4.69) is 0 Å². The molecule has 0 rings (SSSR count). The van der Waals surface area contributed by atoms with Crippen molar-refractivity contribution in [2.75, 3.05) is 0 Å². The number of hydrogen-bond acceptors (Lipinski definition) is 1. The van der Waals surface area contributed by atoms with Crippen LogP contribution in [-0.4, -0.2) is 65.9 Å². The number of alkyl halides is 3. The normalized spacial score (nSPS) is 12.7. The summed E-state index contributed by atoms with van der Waals surface area (Å²) < 4.78 is -1.59. The van der Waals surface area contributed by atoms with Crippen LogP contribution in [0.1, 0.15) is 13.8 Å². The minimum absolute atomic E-state index is 0. The summed E-state index contributed by atoms with van der Waals surface area (Å²) in [6, 6.07) is 0. The van der Waals surface area contributed by atoms with Crippen molar-refractivity contribution in [1.29, 1.82) is 0 Å². The predicted octanol–water partition coefficient (Wildman–Crippen LogP) is 1.48. The fourth-order valence-corrected chi connectivity index (χ4v) is 0. The Bertz CT molecular complexity index is 70.8. The second-order valence-corrected chi connectivity index (χ2v) is 4.34. The van der Waals surface area contributed by atoms with Crippen molar-refractivity contribution >= 4 is 86.2 Å². The molecule has 1 N–H and O–H groups in total. The van der Waals surface area contributed by atoms with E-state index in [9.17, 15) is 0 Å². The van der Waals surface area contributed by atoms with E-state index < -0.39 is 9.39 Å². The van der Waals surface area contributed by atoms with Gasteiger partial charge in [0.15, 0.2) is 0 Å². The van der Waals surface area contributed by atoms with Gasteiger partial charge in [-0.3, -0.25) is 0 Å². The molecule has 0 radical (unpaired) electrons. The molecule has 0 saturated carbocycles. The summed E-state index contributed by atoms with van der Waals surface area (Å²) in [5.74, 6) is 0. The molecule has 1 nitrogen and oxygen atoms in total. The summed E-state index contributed by atoms with van der Waals surface area (Å²) >= 11 is 15.9. The van der Waals surface area contributed by atoms with Crippen LogP contribution in [0.5, 0.6) is 0 Å². The van der Waals surface area contributed by atoms with Crippen LogP contribution >= 0.6 is 34.8 Å². The molecule has 0 aromatic carbocycles. The Morgan fingerprint density at radius 2 is 1.22 bits per heavy atom. The van der Waals surface area contributed by atoms with Crippen LogP contribution in [0.4, 0.5) is 0 Å². The molecule has 0 spiro atoms. The monoisotopic (exact) mass is 216 g/mol. The summed E-state index contributed by atoms with van der Waals surface area (Å²) in [5, 5.41) is 8.96. The fraction of sp³-hybridized carbons (Fsp3) is 1.00. The topological polar surface area (TPSA) is 20.2 Å². The average Bonchev–Trinajstić information content (AvgIpc) is 1.25. The molecule has 0 unspecified atom stereocenters. The van der Waals surface area contributed by atoms with Crippen LogP contribution in [0, 0.1) is 0 Å². The zero-order valence-corrected chi connectivity index (χ0v) is 6.85. The van der Waals surface area contributed by atoms with E-state index in [1.165, 1.54) is 13.8 Å². The first-order valence-electron chi connectivity index (χ1n) is 2.04. The van der Waals surface area contributed by atoms with Gasteiger partial charge in [-0.1, -0.05) is 34.8 Å². The number of halogens is 3. The summed E-state index contributed by atoms with van der Waals surface area (Å²) in [4.78, 5) is 0. The number of rotatable bonds is 0. The molecule has 5 heteroatoms. The summed E-state index contributed by atoms with van der Waals surface area (Å²) in [5.41, 5.74) is -1.27. The Balaban J connectivity index is 0. The van der Waals surface area contributed by atoms with Gasteiger partial charge in [0.25, 0.3) is 0 Å². The maximum absolute atomic E-state index is 8.96. The van der Waals surface area contributed by atoms with Crippen molar-refractivity contribution in [3.63, 3.8) is 0 Å². The number of hydrogen-bond donors (Lipinski definition) is 1. The molecule has 0 saturated heterocycles.